The molecule has 120 valence electrons. The molecule has 5 nitrogen and oxygen atoms in total. The summed E-state index contributed by atoms with van der Waals surface area (Å²) in [6, 6.07) is 4.37. The van der Waals surface area contributed by atoms with E-state index in [-0.39, 0.29) is 11.6 Å². The monoisotopic (exact) mass is 370 g/mol. The van der Waals surface area contributed by atoms with Gasteiger partial charge < -0.3 is 10.0 Å². The molecule has 1 atom stereocenters. The predicted octanol–water partition coefficient (Wildman–Crippen LogP) is 3.81. The van der Waals surface area contributed by atoms with Gasteiger partial charge in [-0.05, 0) is 25.0 Å². The molecule has 0 saturated carbocycles. The first kappa shape index (κ1) is 16.2. The molecule has 3 rings (SSSR count). The van der Waals surface area contributed by atoms with E-state index < -0.39 is 12.0 Å². The molecular weight excluding hydrogens is 359 g/mol. The van der Waals surface area contributed by atoms with E-state index in [1.807, 2.05) is 0 Å². The number of carboxylic acids is 1. The highest BCUT2D eigenvalue weighted by Gasteiger charge is 2.35. The van der Waals surface area contributed by atoms with Gasteiger partial charge >= 0.3 is 5.97 Å². The van der Waals surface area contributed by atoms with E-state index in [4.69, 9.17) is 23.2 Å². The highest BCUT2D eigenvalue weighted by Crippen LogP contribution is 2.31. The van der Waals surface area contributed by atoms with Crippen LogP contribution in [0.3, 0.4) is 0 Å². The minimum Gasteiger partial charge on any atom is -0.480 e. The smallest absolute Gasteiger partial charge is 0.326 e. The number of aliphatic carboxylic acids is 1. The third-order valence-corrected chi connectivity index (χ3v) is 5.32. The third kappa shape index (κ3) is 3.20. The van der Waals surface area contributed by atoms with Crippen LogP contribution in [0.5, 0.6) is 0 Å². The van der Waals surface area contributed by atoms with Crippen molar-refractivity contribution in [2.24, 2.45) is 0 Å². The summed E-state index contributed by atoms with van der Waals surface area (Å²) in [4.78, 5) is 29.4. The van der Waals surface area contributed by atoms with Gasteiger partial charge in [0.15, 0.2) is 0 Å². The molecule has 1 saturated heterocycles. The molecule has 0 aliphatic carbocycles. The van der Waals surface area contributed by atoms with Crippen molar-refractivity contribution in [3.05, 3.63) is 39.3 Å². The molecule has 1 aromatic carbocycles. The molecule has 0 radical (unpaired) electrons. The number of carbonyl (C=O) groups is 2. The zero-order valence-electron chi connectivity index (χ0n) is 11.8. The summed E-state index contributed by atoms with van der Waals surface area (Å²) in [6.45, 7) is 0.440. The number of hydrogen-bond acceptors (Lipinski definition) is 4. The zero-order chi connectivity index (χ0) is 16.6. The second-order valence-corrected chi connectivity index (χ2v) is 6.83. The number of likely N-dealkylation sites (tertiary alicyclic amines) is 1. The number of halogens is 2. The van der Waals surface area contributed by atoms with Crippen LogP contribution in [-0.2, 0) is 4.79 Å². The van der Waals surface area contributed by atoms with Gasteiger partial charge in [0.1, 0.15) is 16.7 Å². The van der Waals surface area contributed by atoms with E-state index >= 15 is 0 Å². The van der Waals surface area contributed by atoms with Gasteiger partial charge in [-0.2, -0.15) is 0 Å². The Morgan fingerprint density at radius 3 is 2.78 bits per heavy atom. The summed E-state index contributed by atoms with van der Waals surface area (Å²) in [5.74, 6) is -1.33. The Hall–Kier alpha value is -1.63. The molecule has 1 aliphatic rings. The first-order valence-electron chi connectivity index (χ1n) is 6.92. The second-order valence-electron chi connectivity index (χ2n) is 5.16. The standard InChI is InChI=1S/C15H12Cl2N2O3S/c16-9-4-3-8(6-10(9)17)13-18-11(7-23-13)14(20)19-5-1-2-12(19)15(21)22/h3-4,6-7,12H,1-2,5H2,(H,21,22)/t12-/m0/s1. The van der Waals surface area contributed by atoms with Crippen LogP contribution in [0.1, 0.15) is 23.3 Å². The third-order valence-electron chi connectivity index (χ3n) is 3.69. The Kier molecular flexibility index (Phi) is 4.57. The van der Waals surface area contributed by atoms with Crippen LogP contribution in [0.25, 0.3) is 10.6 Å². The number of hydrogen-bond donors (Lipinski definition) is 1. The summed E-state index contributed by atoms with van der Waals surface area (Å²) >= 11 is 13.2. The van der Waals surface area contributed by atoms with Crippen LogP contribution in [0, 0.1) is 0 Å². The normalized spacial score (nSPS) is 17.5. The zero-order valence-corrected chi connectivity index (χ0v) is 14.2. The fourth-order valence-corrected chi connectivity index (χ4v) is 3.64. The maximum Gasteiger partial charge on any atom is 0.326 e. The lowest BCUT2D eigenvalue weighted by Crippen LogP contribution is -2.40. The van der Waals surface area contributed by atoms with Gasteiger partial charge in [0.2, 0.25) is 0 Å². The number of aromatic nitrogens is 1. The fraction of sp³-hybridized carbons (Fsp3) is 0.267. The molecule has 1 aromatic heterocycles. The highest BCUT2D eigenvalue weighted by molar-refractivity contribution is 7.13. The van der Waals surface area contributed by atoms with Crippen LogP contribution in [-0.4, -0.2) is 39.5 Å². The van der Waals surface area contributed by atoms with E-state index in [1.54, 1.807) is 23.6 Å². The maximum atomic E-state index is 12.5. The van der Waals surface area contributed by atoms with E-state index in [0.29, 0.717) is 34.4 Å². The van der Waals surface area contributed by atoms with Gasteiger partial charge in [0.05, 0.1) is 10.0 Å². The highest BCUT2D eigenvalue weighted by atomic mass is 35.5. The average Bonchev–Trinajstić information content (AvgIpc) is 3.18. The topological polar surface area (TPSA) is 70.5 Å². The SMILES string of the molecule is O=C(O)[C@@H]1CCCN1C(=O)c1csc(-c2ccc(Cl)c(Cl)c2)n1. The lowest BCUT2D eigenvalue weighted by atomic mass is 10.2. The number of amides is 1. The van der Waals surface area contributed by atoms with Crippen molar-refractivity contribution in [3.63, 3.8) is 0 Å². The summed E-state index contributed by atoms with van der Waals surface area (Å²) in [6.07, 6.45) is 1.16. The molecular formula is C15H12Cl2N2O3S. The van der Waals surface area contributed by atoms with Crippen LogP contribution in [0.15, 0.2) is 23.6 Å². The van der Waals surface area contributed by atoms with Crippen molar-refractivity contribution in [1.29, 1.82) is 0 Å². The number of carboxylic acid groups (broad SMARTS) is 1. The molecule has 2 heterocycles. The summed E-state index contributed by atoms with van der Waals surface area (Å²) in [5, 5.41) is 12.3. The molecule has 1 fully saturated rings. The van der Waals surface area contributed by atoms with Gasteiger partial charge in [-0.15, -0.1) is 11.3 Å². The molecule has 0 unspecified atom stereocenters. The quantitative estimate of drug-likeness (QED) is 0.891. The first-order valence-corrected chi connectivity index (χ1v) is 8.55. The number of rotatable bonds is 3. The molecule has 1 amide bonds. The number of benzene rings is 1. The Labute approximate surface area is 146 Å². The number of nitrogens with zero attached hydrogens (tertiary/aromatic N) is 2. The van der Waals surface area contributed by atoms with Gasteiger partial charge in [-0.25, -0.2) is 9.78 Å². The molecule has 8 heteroatoms. The van der Waals surface area contributed by atoms with Crippen molar-refractivity contribution >= 4 is 46.4 Å². The lowest BCUT2D eigenvalue weighted by Gasteiger charge is -2.20. The summed E-state index contributed by atoms with van der Waals surface area (Å²) in [5.41, 5.74) is 1.02. The molecule has 2 aromatic rings. The minimum absolute atomic E-state index is 0.254. The van der Waals surface area contributed by atoms with Crippen LogP contribution in [0.2, 0.25) is 10.0 Å². The van der Waals surface area contributed by atoms with Crippen molar-refractivity contribution in [2.75, 3.05) is 6.54 Å². The van der Waals surface area contributed by atoms with E-state index in [2.05, 4.69) is 4.98 Å². The molecule has 0 spiro atoms. The Morgan fingerprint density at radius 1 is 1.30 bits per heavy atom. The summed E-state index contributed by atoms with van der Waals surface area (Å²) in [7, 11) is 0. The van der Waals surface area contributed by atoms with Crippen molar-refractivity contribution in [1.82, 2.24) is 9.88 Å². The Balaban J connectivity index is 1.85. The Morgan fingerprint density at radius 2 is 2.09 bits per heavy atom. The molecule has 0 bridgehead atoms. The fourth-order valence-electron chi connectivity index (χ4n) is 2.55. The molecule has 1 aliphatic heterocycles. The van der Waals surface area contributed by atoms with Crippen LogP contribution in [0.4, 0.5) is 0 Å². The van der Waals surface area contributed by atoms with E-state index in [0.717, 1.165) is 5.56 Å². The predicted molar refractivity (Wildman–Crippen MR) is 89.3 cm³/mol. The van der Waals surface area contributed by atoms with Crippen molar-refractivity contribution in [2.45, 2.75) is 18.9 Å². The van der Waals surface area contributed by atoms with Gasteiger partial charge in [0.25, 0.3) is 5.91 Å². The van der Waals surface area contributed by atoms with E-state index in [1.165, 1.54) is 16.2 Å². The number of carbonyl (C=O) groups excluding carboxylic acids is 1. The lowest BCUT2D eigenvalue weighted by molar-refractivity contribution is -0.141. The van der Waals surface area contributed by atoms with Crippen LogP contribution >= 0.6 is 34.5 Å². The van der Waals surface area contributed by atoms with Crippen molar-refractivity contribution in [3.8, 4) is 10.6 Å². The molecule has 1 N–H and O–H groups in total. The largest absolute Gasteiger partial charge is 0.480 e. The van der Waals surface area contributed by atoms with Crippen LogP contribution < -0.4 is 0 Å². The number of thiazole rings is 1. The minimum atomic E-state index is -0.976. The maximum absolute atomic E-state index is 12.5. The van der Waals surface area contributed by atoms with Gasteiger partial charge in [-0.1, -0.05) is 29.3 Å². The Bertz CT molecular complexity index is 778. The van der Waals surface area contributed by atoms with Gasteiger partial charge in [0, 0.05) is 17.5 Å². The second kappa shape index (κ2) is 6.47. The molecule has 23 heavy (non-hydrogen) atoms. The summed E-state index contributed by atoms with van der Waals surface area (Å²) < 4.78 is 0. The van der Waals surface area contributed by atoms with E-state index in [9.17, 15) is 14.7 Å². The average molecular weight is 371 g/mol. The first-order chi connectivity index (χ1) is 11.0. The van der Waals surface area contributed by atoms with Crippen molar-refractivity contribution < 1.29 is 14.7 Å². The van der Waals surface area contributed by atoms with Gasteiger partial charge in [-0.3, -0.25) is 4.79 Å².